The Morgan fingerprint density at radius 1 is 1.36 bits per heavy atom. The summed E-state index contributed by atoms with van der Waals surface area (Å²) in [5.74, 6) is 2.45. The van der Waals surface area contributed by atoms with E-state index in [1.54, 1.807) is 0 Å². The van der Waals surface area contributed by atoms with Crippen LogP contribution in [0.3, 0.4) is 0 Å². The van der Waals surface area contributed by atoms with Gasteiger partial charge in [0.2, 0.25) is 0 Å². The van der Waals surface area contributed by atoms with Crippen molar-refractivity contribution in [3.8, 4) is 0 Å². The van der Waals surface area contributed by atoms with Crippen molar-refractivity contribution in [3.63, 3.8) is 0 Å². The molecule has 2 bridgehead atoms. The Morgan fingerprint density at radius 3 is 3.00 bits per heavy atom. The lowest BCUT2D eigenvalue weighted by atomic mass is 9.84. The minimum Gasteiger partial charge on any atom is -0.392 e. The minimum atomic E-state index is 0.480. The van der Waals surface area contributed by atoms with Gasteiger partial charge < -0.3 is 4.84 Å². The lowest BCUT2D eigenvalue weighted by molar-refractivity contribution is 0.0275. The summed E-state index contributed by atoms with van der Waals surface area (Å²) in [6, 6.07) is 0. The van der Waals surface area contributed by atoms with Crippen molar-refractivity contribution >= 4 is 5.71 Å². The molecule has 2 aliphatic carbocycles. The highest BCUT2D eigenvalue weighted by Crippen LogP contribution is 2.52. The average Bonchev–Trinajstić information content (AvgIpc) is 2.60. The summed E-state index contributed by atoms with van der Waals surface area (Å²) in [4.78, 5) is 5.41. The van der Waals surface area contributed by atoms with E-state index >= 15 is 0 Å². The molecule has 0 unspecified atom stereocenters. The Bertz CT molecular complexity index is 224. The highest BCUT2D eigenvalue weighted by Gasteiger charge is 2.52. The Kier molecular flexibility index (Phi) is 0.984. The average molecular weight is 151 g/mol. The zero-order valence-electron chi connectivity index (χ0n) is 6.79. The molecule has 2 nitrogen and oxygen atoms in total. The molecule has 0 N–H and O–H groups in total. The SMILES string of the molecule is CC1=NO[C@H]2[C@H]3CC[C@@H](C3)[C@H]12. The molecule has 2 fully saturated rings. The van der Waals surface area contributed by atoms with Crippen LogP contribution in [-0.4, -0.2) is 11.8 Å². The molecule has 0 aromatic rings. The Hall–Kier alpha value is -0.530. The third kappa shape index (κ3) is 0.608. The number of oxime groups is 1. The second-order valence-corrected chi connectivity index (χ2v) is 4.16. The maximum atomic E-state index is 5.41. The largest absolute Gasteiger partial charge is 0.392 e. The predicted molar refractivity (Wildman–Crippen MR) is 42.3 cm³/mol. The first-order valence-electron chi connectivity index (χ1n) is 4.56. The van der Waals surface area contributed by atoms with Gasteiger partial charge in [0.1, 0.15) is 6.10 Å². The maximum Gasteiger partial charge on any atom is 0.138 e. The molecule has 3 rings (SSSR count). The number of nitrogens with zero attached hydrogens (tertiary/aromatic N) is 1. The Labute approximate surface area is 66.6 Å². The summed E-state index contributed by atoms with van der Waals surface area (Å²) in [6.07, 6.45) is 4.69. The predicted octanol–water partition coefficient (Wildman–Crippen LogP) is 1.81. The van der Waals surface area contributed by atoms with Crippen molar-refractivity contribution in [2.24, 2.45) is 22.9 Å². The standard InChI is InChI=1S/C9H13NO/c1-5-8-6-2-3-7(4-6)9(8)11-10-5/h6-9H,2-4H2,1H3/t6-,7-,8-,9-/m0/s1. The maximum absolute atomic E-state index is 5.41. The summed E-state index contributed by atoms with van der Waals surface area (Å²) in [5, 5.41) is 4.08. The van der Waals surface area contributed by atoms with Crippen molar-refractivity contribution in [1.29, 1.82) is 0 Å². The molecule has 60 valence electrons. The van der Waals surface area contributed by atoms with Crippen molar-refractivity contribution in [1.82, 2.24) is 0 Å². The van der Waals surface area contributed by atoms with Crippen LogP contribution >= 0.6 is 0 Å². The molecular formula is C9H13NO. The summed E-state index contributed by atoms with van der Waals surface area (Å²) in [6.45, 7) is 2.12. The molecule has 0 aromatic carbocycles. The lowest BCUT2D eigenvalue weighted by Crippen LogP contribution is -2.28. The van der Waals surface area contributed by atoms with Gasteiger partial charge in [-0.05, 0) is 38.0 Å². The van der Waals surface area contributed by atoms with E-state index in [0.29, 0.717) is 12.0 Å². The van der Waals surface area contributed by atoms with E-state index in [0.717, 1.165) is 11.8 Å². The van der Waals surface area contributed by atoms with Crippen molar-refractivity contribution < 1.29 is 4.84 Å². The second-order valence-electron chi connectivity index (χ2n) is 4.16. The highest BCUT2D eigenvalue weighted by atomic mass is 16.6. The second kappa shape index (κ2) is 1.79. The summed E-state index contributed by atoms with van der Waals surface area (Å²) in [7, 11) is 0. The first-order chi connectivity index (χ1) is 5.36. The summed E-state index contributed by atoms with van der Waals surface area (Å²) >= 11 is 0. The van der Waals surface area contributed by atoms with Gasteiger partial charge in [-0.2, -0.15) is 0 Å². The molecule has 2 heteroatoms. The van der Waals surface area contributed by atoms with E-state index in [9.17, 15) is 0 Å². The molecule has 0 saturated heterocycles. The van der Waals surface area contributed by atoms with Gasteiger partial charge in [-0.3, -0.25) is 0 Å². The van der Waals surface area contributed by atoms with Gasteiger partial charge in [-0.15, -0.1) is 0 Å². The topological polar surface area (TPSA) is 21.6 Å². The first kappa shape index (κ1) is 6.04. The van der Waals surface area contributed by atoms with Crippen LogP contribution in [0.5, 0.6) is 0 Å². The van der Waals surface area contributed by atoms with Gasteiger partial charge >= 0.3 is 0 Å². The molecule has 0 spiro atoms. The van der Waals surface area contributed by atoms with E-state index in [1.807, 2.05) is 0 Å². The molecule has 11 heavy (non-hydrogen) atoms. The van der Waals surface area contributed by atoms with E-state index in [1.165, 1.54) is 25.0 Å². The molecule has 1 heterocycles. The number of fused-ring (bicyclic) bond motifs is 5. The monoisotopic (exact) mass is 151 g/mol. The van der Waals surface area contributed by atoms with E-state index in [2.05, 4.69) is 12.1 Å². The highest BCUT2D eigenvalue weighted by molar-refractivity contribution is 5.86. The van der Waals surface area contributed by atoms with E-state index in [-0.39, 0.29) is 0 Å². The van der Waals surface area contributed by atoms with Crippen LogP contribution in [0.4, 0.5) is 0 Å². The Morgan fingerprint density at radius 2 is 2.18 bits per heavy atom. The first-order valence-corrected chi connectivity index (χ1v) is 4.56. The van der Waals surface area contributed by atoms with Gasteiger partial charge in [0.25, 0.3) is 0 Å². The van der Waals surface area contributed by atoms with Crippen molar-refractivity contribution in [2.75, 3.05) is 0 Å². The third-order valence-electron chi connectivity index (χ3n) is 3.64. The molecule has 4 atom stereocenters. The fourth-order valence-corrected chi connectivity index (χ4v) is 3.17. The number of hydrogen-bond acceptors (Lipinski definition) is 2. The van der Waals surface area contributed by atoms with Crippen LogP contribution in [0.25, 0.3) is 0 Å². The van der Waals surface area contributed by atoms with E-state index in [4.69, 9.17) is 4.84 Å². The summed E-state index contributed by atoms with van der Waals surface area (Å²) < 4.78 is 0. The molecule has 3 aliphatic rings. The molecule has 1 aliphatic heterocycles. The van der Waals surface area contributed by atoms with Gasteiger partial charge in [0, 0.05) is 5.92 Å². The fourth-order valence-electron chi connectivity index (χ4n) is 3.17. The molecular weight excluding hydrogens is 138 g/mol. The van der Waals surface area contributed by atoms with Crippen molar-refractivity contribution in [2.45, 2.75) is 32.3 Å². The normalized spacial score (nSPS) is 52.3. The van der Waals surface area contributed by atoms with E-state index < -0.39 is 0 Å². The fraction of sp³-hybridized carbons (Fsp3) is 0.889. The van der Waals surface area contributed by atoms with Gasteiger partial charge in [0.15, 0.2) is 0 Å². The van der Waals surface area contributed by atoms with Crippen LogP contribution in [0.1, 0.15) is 26.2 Å². The van der Waals surface area contributed by atoms with Gasteiger partial charge in [0.05, 0.1) is 5.71 Å². The zero-order chi connectivity index (χ0) is 7.42. The van der Waals surface area contributed by atoms with Gasteiger partial charge in [-0.25, -0.2) is 0 Å². The number of hydrogen-bond donors (Lipinski definition) is 0. The zero-order valence-corrected chi connectivity index (χ0v) is 6.79. The van der Waals surface area contributed by atoms with Crippen molar-refractivity contribution in [3.05, 3.63) is 0 Å². The van der Waals surface area contributed by atoms with Crippen LogP contribution in [-0.2, 0) is 4.84 Å². The molecule has 0 aromatic heterocycles. The number of rotatable bonds is 0. The molecule has 2 saturated carbocycles. The third-order valence-corrected chi connectivity index (χ3v) is 3.64. The minimum absolute atomic E-state index is 0.480. The van der Waals surface area contributed by atoms with Crippen LogP contribution < -0.4 is 0 Å². The summed E-state index contributed by atoms with van der Waals surface area (Å²) in [5.41, 5.74) is 1.25. The van der Waals surface area contributed by atoms with Crippen LogP contribution in [0.15, 0.2) is 5.16 Å². The quantitative estimate of drug-likeness (QED) is 0.517. The molecule has 0 radical (unpaired) electrons. The molecule has 0 amide bonds. The van der Waals surface area contributed by atoms with Crippen LogP contribution in [0.2, 0.25) is 0 Å². The van der Waals surface area contributed by atoms with Crippen LogP contribution in [0, 0.1) is 17.8 Å². The Balaban J connectivity index is 1.96. The van der Waals surface area contributed by atoms with Gasteiger partial charge in [-0.1, -0.05) is 5.16 Å². The smallest absolute Gasteiger partial charge is 0.138 e. The lowest BCUT2D eigenvalue weighted by Gasteiger charge is -2.21.